The normalized spacial score (nSPS) is 14.0. The number of hydrogen-bond acceptors (Lipinski definition) is 3. The Kier molecular flexibility index (Phi) is 4.92. The molecule has 0 unspecified atom stereocenters. The fourth-order valence-corrected chi connectivity index (χ4v) is 2.70. The number of anilines is 2. The zero-order valence-corrected chi connectivity index (χ0v) is 13.2. The Labute approximate surface area is 143 Å². The van der Waals surface area contributed by atoms with Crippen molar-refractivity contribution in [1.82, 2.24) is 0 Å². The summed E-state index contributed by atoms with van der Waals surface area (Å²) in [5.74, 6) is -0.396. The first-order valence-electron chi connectivity index (χ1n) is 7.80. The number of alkyl halides is 2. The molecular formula is C18H16F2N2O3. The Hall–Kier alpha value is -2.96. The summed E-state index contributed by atoms with van der Waals surface area (Å²) in [5.41, 5.74) is 1.47. The van der Waals surface area contributed by atoms with Gasteiger partial charge < -0.3 is 15.0 Å². The van der Waals surface area contributed by atoms with E-state index in [2.05, 4.69) is 10.1 Å². The average molecular weight is 346 g/mol. The molecule has 1 aliphatic heterocycles. The van der Waals surface area contributed by atoms with E-state index in [4.69, 9.17) is 0 Å². The van der Waals surface area contributed by atoms with Gasteiger partial charge in [-0.2, -0.15) is 8.78 Å². The lowest BCUT2D eigenvalue weighted by atomic mass is 10.2. The quantitative estimate of drug-likeness (QED) is 0.899. The number of benzene rings is 2. The minimum Gasteiger partial charge on any atom is -0.435 e. The van der Waals surface area contributed by atoms with E-state index < -0.39 is 12.5 Å². The first-order chi connectivity index (χ1) is 12.0. The topological polar surface area (TPSA) is 58.6 Å². The molecule has 0 radical (unpaired) electrons. The molecule has 0 bridgehead atoms. The molecule has 25 heavy (non-hydrogen) atoms. The molecule has 0 aliphatic carbocycles. The van der Waals surface area contributed by atoms with Crippen LogP contribution in [0.1, 0.15) is 23.2 Å². The summed E-state index contributed by atoms with van der Waals surface area (Å²) in [4.78, 5) is 26.0. The van der Waals surface area contributed by atoms with Gasteiger partial charge in [-0.1, -0.05) is 12.1 Å². The van der Waals surface area contributed by atoms with Crippen LogP contribution in [-0.4, -0.2) is 25.0 Å². The molecule has 1 fully saturated rings. The molecule has 0 saturated carbocycles. The van der Waals surface area contributed by atoms with Gasteiger partial charge in [0.05, 0.1) is 11.4 Å². The lowest BCUT2D eigenvalue weighted by Crippen LogP contribution is -2.25. The van der Waals surface area contributed by atoms with Gasteiger partial charge in [-0.15, -0.1) is 0 Å². The maximum atomic E-state index is 12.4. The molecule has 2 aromatic carbocycles. The fourth-order valence-electron chi connectivity index (χ4n) is 2.70. The third-order valence-electron chi connectivity index (χ3n) is 3.86. The van der Waals surface area contributed by atoms with Gasteiger partial charge in [0.15, 0.2) is 0 Å². The van der Waals surface area contributed by atoms with Gasteiger partial charge in [-0.25, -0.2) is 0 Å². The largest absolute Gasteiger partial charge is 0.435 e. The maximum Gasteiger partial charge on any atom is 0.387 e. The van der Waals surface area contributed by atoms with Gasteiger partial charge >= 0.3 is 6.61 Å². The zero-order valence-electron chi connectivity index (χ0n) is 13.2. The highest BCUT2D eigenvalue weighted by molar-refractivity contribution is 6.08. The third-order valence-corrected chi connectivity index (χ3v) is 3.86. The van der Waals surface area contributed by atoms with Crippen LogP contribution in [0, 0.1) is 0 Å². The van der Waals surface area contributed by atoms with Gasteiger partial charge in [0.1, 0.15) is 5.75 Å². The van der Waals surface area contributed by atoms with E-state index in [-0.39, 0.29) is 11.7 Å². The number of nitrogens with one attached hydrogen (secondary N) is 1. The minimum absolute atomic E-state index is 0.0189. The summed E-state index contributed by atoms with van der Waals surface area (Å²) in [6.07, 6.45) is 1.28. The summed E-state index contributed by atoms with van der Waals surface area (Å²) in [7, 11) is 0. The number of rotatable bonds is 5. The Bertz CT molecular complexity index is 778. The summed E-state index contributed by atoms with van der Waals surface area (Å²) in [5, 5.41) is 2.76. The Morgan fingerprint density at radius 2 is 1.84 bits per heavy atom. The van der Waals surface area contributed by atoms with Crippen molar-refractivity contribution in [2.75, 3.05) is 16.8 Å². The second kappa shape index (κ2) is 7.29. The van der Waals surface area contributed by atoms with E-state index in [0.29, 0.717) is 29.9 Å². The predicted molar refractivity (Wildman–Crippen MR) is 89.1 cm³/mol. The molecule has 130 valence electrons. The summed E-state index contributed by atoms with van der Waals surface area (Å²) >= 11 is 0. The van der Waals surface area contributed by atoms with E-state index in [1.54, 1.807) is 29.2 Å². The van der Waals surface area contributed by atoms with Crippen LogP contribution in [0.2, 0.25) is 0 Å². The molecule has 1 saturated heterocycles. The van der Waals surface area contributed by atoms with E-state index in [0.717, 1.165) is 6.42 Å². The van der Waals surface area contributed by atoms with Crippen molar-refractivity contribution in [2.24, 2.45) is 0 Å². The lowest BCUT2D eigenvalue weighted by Gasteiger charge is -2.20. The van der Waals surface area contributed by atoms with Crippen LogP contribution >= 0.6 is 0 Å². The number of halogens is 2. The number of ether oxygens (including phenoxy) is 1. The first kappa shape index (κ1) is 16.9. The second-order valence-corrected chi connectivity index (χ2v) is 5.52. The lowest BCUT2D eigenvalue weighted by molar-refractivity contribution is -0.117. The van der Waals surface area contributed by atoms with Crippen LogP contribution in [0.25, 0.3) is 0 Å². The molecule has 2 aromatic rings. The van der Waals surface area contributed by atoms with E-state index in [1.165, 1.54) is 24.3 Å². The standard InChI is InChI=1S/C18H16F2N2O3/c19-18(20)25-13-9-7-12(8-10-13)17(24)21-14-4-1-2-5-15(14)22-11-3-6-16(22)23/h1-2,4-5,7-10,18H,3,6,11H2,(H,21,24). The SMILES string of the molecule is O=C(Nc1ccccc1N1CCCC1=O)c1ccc(OC(F)F)cc1. The second-order valence-electron chi connectivity index (χ2n) is 5.52. The number of para-hydroxylation sites is 2. The first-order valence-corrected chi connectivity index (χ1v) is 7.80. The number of amides is 2. The van der Waals surface area contributed by atoms with E-state index in [9.17, 15) is 18.4 Å². The van der Waals surface area contributed by atoms with Crippen LogP contribution < -0.4 is 15.0 Å². The molecule has 1 N–H and O–H groups in total. The summed E-state index contributed by atoms with van der Waals surface area (Å²) < 4.78 is 28.6. The van der Waals surface area contributed by atoms with Crippen molar-refractivity contribution in [3.05, 3.63) is 54.1 Å². The van der Waals surface area contributed by atoms with Gasteiger partial charge in [-0.05, 0) is 42.8 Å². The van der Waals surface area contributed by atoms with Gasteiger partial charge in [-0.3, -0.25) is 9.59 Å². The van der Waals surface area contributed by atoms with Gasteiger partial charge in [0.2, 0.25) is 5.91 Å². The van der Waals surface area contributed by atoms with Crippen molar-refractivity contribution in [2.45, 2.75) is 19.5 Å². The monoisotopic (exact) mass is 346 g/mol. The highest BCUT2D eigenvalue weighted by Gasteiger charge is 2.24. The number of nitrogens with zero attached hydrogens (tertiary/aromatic N) is 1. The highest BCUT2D eigenvalue weighted by Crippen LogP contribution is 2.29. The molecule has 1 heterocycles. The summed E-state index contributed by atoms with van der Waals surface area (Å²) in [6, 6.07) is 12.5. The van der Waals surface area contributed by atoms with Gasteiger partial charge in [0, 0.05) is 18.5 Å². The van der Waals surface area contributed by atoms with E-state index >= 15 is 0 Å². The molecule has 0 atom stereocenters. The molecule has 2 amide bonds. The fraction of sp³-hybridized carbons (Fsp3) is 0.222. The smallest absolute Gasteiger partial charge is 0.387 e. The number of carbonyl (C=O) groups excluding carboxylic acids is 2. The molecule has 3 rings (SSSR count). The summed E-state index contributed by atoms with van der Waals surface area (Å²) in [6.45, 7) is -2.30. The molecular weight excluding hydrogens is 330 g/mol. The van der Waals surface area contributed by atoms with Crippen molar-refractivity contribution in [1.29, 1.82) is 0 Å². The van der Waals surface area contributed by atoms with Crippen LogP contribution in [0.5, 0.6) is 5.75 Å². The zero-order chi connectivity index (χ0) is 17.8. The molecule has 1 aliphatic rings. The Balaban J connectivity index is 1.76. The Morgan fingerprint density at radius 3 is 2.48 bits per heavy atom. The average Bonchev–Trinajstić information content (AvgIpc) is 3.01. The molecule has 5 nitrogen and oxygen atoms in total. The maximum absolute atomic E-state index is 12.4. The Morgan fingerprint density at radius 1 is 1.12 bits per heavy atom. The number of hydrogen-bond donors (Lipinski definition) is 1. The van der Waals surface area contributed by atoms with Crippen molar-refractivity contribution in [3.63, 3.8) is 0 Å². The molecule has 7 heteroatoms. The minimum atomic E-state index is -2.91. The van der Waals surface area contributed by atoms with Crippen LogP contribution in [0.3, 0.4) is 0 Å². The van der Waals surface area contributed by atoms with E-state index in [1.807, 2.05) is 0 Å². The number of carbonyl (C=O) groups is 2. The van der Waals surface area contributed by atoms with Crippen molar-refractivity contribution >= 4 is 23.2 Å². The van der Waals surface area contributed by atoms with Crippen molar-refractivity contribution in [3.8, 4) is 5.75 Å². The molecule has 0 aromatic heterocycles. The highest BCUT2D eigenvalue weighted by atomic mass is 19.3. The van der Waals surface area contributed by atoms with Crippen LogP contribution in [0.4, 0.5) is 20.2 Å². The predicted octanol–water partition coefficient (Wildman–Crippen LogP) is 3.67. The molecule has 0 spiro atoms. The van der Waals surface area contributed by atoms with Crippen LogP contribution in [-0.2, 0) is 4.79 Å². The van der Waals surface area contributed by atoms with Crippen molar-refractivity contribution < 1.29 is 23.1 Å². The third kappa shape index (κ3) is 3.93. The van der Waals surface area contributed by atoms with Crippen LogP contribution in [0.15, 0.2) is 48.5 Å². The van der Waals surface area contributed by atoms with Gasteiger partial charge in [0.25, 0.3) is 5.91 Å².